The van der Waals surface area contributed by atoms with Gasteiger partial charge < -0.3 is 19.5 Å². The molecular weight excluding hydrogens is 440 g/mol. The second kappa shape index (κ2) is 8.12. The summed E-state index contributed by atoms with van der Waals surface area (Å²) in [4.78, 5) is 17.3. The summed E-state index contributed by atoms with van der Waals surface area (Å²) in [6, 6.07) is 7.40. The van der Waals surface area contributed by atoms with Gasteiger partial charge in [0.25, 0.3) is 0 Å². The zero-order valence-electron chi connectivity index (χ0n) is 20.0. The van der Waals surface area contributed by atoms with E-state index in [1.807, 2.05) is 53.7 Å². The SMILES string of the molecule is Cc1nc2c(c(C)c(C)n2CC2(O)CC2)c(-c2ccc(Cl)cc2)c1[C@H](OC(C)(C)C)C(=O)O. The Kier molecular flexibility index (Phi) is 5.84. The quantitative estimate of drug-likeness (QED) is 0.479. The van der Waals surface area contributed by atoms with E-state index in [-0.39, 0.29) is 0 Å². The van der Waals surface area contributed by atoms with Crippen molar-refractivity contribution in [3.8, 4) is 11.1 Å². The van der Waals surface area contributed by atoms with E-state index in [1.54, 1.807) is 12.1 Å². The fraction of sp³-hybridized carbons (Fsp3) is 0.462. The molecule has 1 saturated carbocycles. The number of carboxylic acid groups (broad SMARTS) is 1. The molecule has 4 rings (SSSR count). The van der Waals surface area contributed by atoms with Crippen molar-refractivity contribution in [1.29, 1.82) is 0 Å². The summed E-state index contributed by atoms with van der Waals surface area (Å²) in [7, 11) is 0. The number of ether oxygens (including phenoxy) is 1. The first kappa shape index (κ1) is 23.7. The predicted molar refractivity (Wildman–Crippen MR) is 130 cm³/mol. The minimum Gasteiger partial charge on any atom is -0.479 e. The Morgan fingerprint density at radius 1 is 1.21 bits per heavy atom. The fourth-order valence-electron chi connectivity index (χ4n) is 4.41. The number of aliphatic carboxylic acids is 1. The van der Waals surface area contributed by atoms with Crippen molar-refractivity contribution in [3.63, 3.8) is 0 Å². The van der Waals surface area contributed by atoms with Crippen LogP contribution in [0.5, 0.6) is 0 Å². The van der Waals surface area contributed by atoms with Crippen molar-refractivity contribution < 1.29 is 19.7 Å². The van der Waals surface area contributed by atoms with E-state index >= 15 is 0 Å². The second-order valence-corrected chi connectivity index (χ2v) is 10.6. The highest BCUT2D eigenvalue weighted by atomic mass is 35.5. The molecule has 2 N–H and O–H groups in total. The number of hydrogen-bond acceptors (Lipinski definition) is 4. The molecule has 1 fully saturated rings. The average molecular weight is 471 g/mol. The van der Waals surface area contributed by atoms with E-state index in [0.29, 0.717) is 22.8 Å². The van der Waals surface area contributed by atoms with Gasteiger partial charge >= 0.3 is 5.97 Å². The Morgan fingerprint density at radius 2 is 1.82 bits per heavy atom. The molecular formula is C26H31ClN2O4. The standard InChI is InChI=1S/C26H31ClN2O4/c1-14-16(3)29(13-26(32)11-12-26)23-19(14)21(17-7-9-18(27)10-8-17)20(15(2)28-23)22(24(30)31)33-25(4,5)6/h7-10,22,32H,11-13H2,1-6H3,(H,30,31)/t22-/m0/s1. The average Bonchev–Trinajstić information content (AvgIpc) is 3.40. The van der Waals surface area contributed by atoms with Gasteiger partial charge in [0.1, 0.15) is 5.65 Å². The van der Waals surface area contributed by atoms with Gasteiger partial charge in [-0.3, -0.25) is 0 Å². The molecule has 0 bridgehead atoms. The summed E-state index contributed by atoms with van der Waals surface area (Å²) in [6.45, 7) is 11.9. The van der Waals surface area contributed by atoms with Crippen LogP contribution in [-0.4, -0.2) is 36.9 Å². The van der Waals surface area contributed by atoms with Gasteiger partial charge in [-0.05, 0) is 77.6 Å². The maximum Gasteiger partial charge on any atom is 0.337 e. The van der Waals surface area contributed by atoms with Gasteiger partial charge in [-0.1, -0.05) is 23.7 Å². The van der Waals surface area contributed by atoms with E-state index in [0.717, 1.165) is 46.3 Å². The lowest BCUT2D eigenvalue weighted by Gasteiger charge is -2.28. The van der Waals surface area contributed by atoms with E-state index < -0.39 is 23.3 Å². The van der Waals surface area contributed by atoms with Crippen LogP contribution in [0.2, 0.25) is 5.02 Å². The van der Waals surface area contributed by atoms with Crippen LogP contribution >= 0.6 is 11.6 Å². The molecule has 7 heteroatoms. The number of hydrogen-bond donors (Lipinski definition) is 2. The molecule has 6 nitrogen and oxygen atoms in total. The summed E-state index contributed by atoms with van der Waals surface area (Å²) >= 11 is 6.17. The molecule has 1 aliphatic rings. The molecule has 1 aromatic carbocycles. The number of aryl methyl sites for hydroxylation is 2. The zero-order valence-corrected chi connectivity index (χ0v) is 20.7. The van der Waals surface area contributed by atoms with E-state index in [2.05, 4.69) is 4.57 Å². The summed E-state index contributed by atoms with van der Waals surface area (Å²) < 4.78 is 8.12. The number of pyridine rings is 1. The second-order valence-electron chi connectivity index (χ2n) is 10.2. The molecule has 2 aromatic heterocycles. The molecule has 33 heavy (non-hydrogen) atoms. The molecule has 0 aliphatic heterocycles. The number of carbonyl (C=O) groups is 1. The summed E-state index contributed by atoms with van der Waals surface area (Å²) in [6.07, 6.45) is 0.350. The summed E-state index contributed by atoms with van der Waals surface area (Å²) in [5.74, 6) is -1.06. The van der Waals surface area contributed by atoms with Gasteiger partial charge in [0.05, 0.1) is 17.7 Å². The van der Waals surface area contributed by atoms with Gasteiger partial charge in [-0.2, -0.15) is 0 Å². The maximum absolute atomic E-state index is 12.4. The van der Waals surface area contributed by atoms with Crippen LogP contribution in [0.25, 0.3) is 22.2 Å². The van der Waals surface area contributed by atoms with Crippen molar-refractivity contribution >= 4 is 28.6 Å². The van der Waals surface area contributed by atoms with Crippen molar-refractivity contribution in [2.24, 2.45) is 0 Å². The molecule has 3 aromatic rings. The lowest BCUT2D eigenvalue weighted by Crippen LogP contribution is -2.28. The molecule has 0 radical (unpaired) electrons. The summed E-state index contributed by atoms with van der Waals surface area (Å²) in [5, 5.41) is 22.3. The molecule has 0 saturated heterocycles. The largest absolute Gasteiger partial charge is 0.479 e. The normalized spacial score (nSPS) is 16.2. The van der Waals surface area contributed by atoms with Gasteiger partial charge in [-0.15, -0.1) is 0 Å². The van der Waals surface area contributed by atoms with Gasteiger partial charge in [0, 0.05) is 32.9 Å². The smallest absolute Gasteiger partial charge is 0.337 e. The summed E-state index contributed by atoms with van der Waals surface area (Å²) in [5.41, 5.74) is 4.15. The highest BCUT2D eigenvalue weighted by Gasteiger charge is 2.42. The number of aromatic nitrogens is 2. The Hall–Kier alpha value is -2.41. The third-order valence-electron chi connectivity index (χ3n) is 6.35. The fourth-order valence-corrected chi connectivity index (χ4v) is 4.53. The number of nitrogens with zero attached hydrogens (tertiary/aromatic N) is 2. The number of carboxylic acids is 1. The van der Waals surface area contributed by atoms with Gasteiger partial charge in [-0.25, -0.2) is 9.78 Å². The zero-order chi connectivity index (χ0) is 24.3. The van der Waals surface area contributed by atoms with E-state index in [4.69, 9.17) is 21.3 Å². The van der Waals surface area contributed by atoms with Crippen LogP contribution in [0.1, 0.15) is 62.2 Å². The first-order valence-corrected chi connectivity index (χ1v) is 11.6. The van der Waals surface area contributed by atoms with Crippen molar-refractivity contribution in [2.45, 2.75) is 78.2 Å². The molecule has 2 heterocycles. The van der Waals surface area contributed by atoms with Crippen molar-refractivity contribution in [2.75, 3.05) is 0 Å². The van der Waals surface area contributed by atoms with Crippen molar-refractivity contribution in [1.82, 2.24) is 9.55 Å². The number of halogens is 1. The van der Waals surface area contributed by atoms with E-state index in [1.165, 1.54) is 0 Å². The third-order valence-corrected chi connectivity index (χ3v) is 6.61. The molecule has 176 valence electrons. The highest BCUT2D eigenvalue weighted by Crippen LogP contribution is 2.44. The maximum atomic E-state index is 12.4. The van der Waals surface area contributed by atoms with Crippen LogP contribution in [0.15, 0.2) is 24.3 Å². The monoisotopic (exact) mass is 470 g/mol. The number of benzene rings is 1. The van der Waals surface area contributed by atoms with Crippen LogP contribution < -0.4 is 0 Å². The Bertz CT molecular complexity index is 1230. The Morgan fingerprint density at radius 3 is 2.33 bits per heavy atom. The van der Waals surface area contributed by atoms with E-state index in [9.17, 15) is 15.0 Å². The highest BCUT2D eigenvalue weighted by molar-refractivity contribution is 6.30. The van der Waals surface area contributed by atoms with Crippen LogP contribution in [0.3, 0.4) is 0 Å². The molecule has 1 atom stereocenters. The van der Waals surface area contributed by atoms with Crippen molar-refractivity contribution in [3.05, 3.63) is 51.8 Å². The van der Waals surface area contributed by atoms with Crippen LogP contribution in [0, 0.1) is 20.8 Å². The molecule has 0 unspecified atom stereocenters. The third kappa shape index (κ3) is 4.52. The number of aliphatic hydroxyl groups is 1. The van der Waals surface area contributed by atoms with Crippen LogP contribution in [-0.2, 0) is 16.1 Å². The lowest BCUT2D eigenvalue weighted by molar-refractivity contribution is -0.160. The van der Waals surface area contributed by atoms with Crippen LogP contribution in [0.4, 0.5) is 0 Å². The Balaban J connectivity index is 2.08. The minimum absolute atomic E-state index is 0.468. The Labute approximate surface area is 199 Å². The lowest BCUT2D eigenvalue weighted by atomic mass is 9.91. The predicted octanol–water partition coefficient (Wildman–Crippen LogP) is 5.75. The molecule has 0 amide bonds. The molecule has 0 spiro atoms. The number of rotatable bonds is 6. The first-order chi connectivity index (χ1) is 15.3. The van der Waals surface area contributed by atoms with Gasteiger partial charge in [0.15, 0.2) is 6.10 Å². The first-order valence-electron chi connectivity index (χ1n) is 11.2. The molecule has 1 aliphatic carbocycles. The minimum atomic E-state index is -1.19. The number of fused-ring (bicyclic) bond motifs is 1. The van der Waals surface area contributed by atoms with Gasteiger partial charge in [0.2, 0.25) is 0 Å². The topological polar surface area (TPSA) is 84.6 Å².